The van der Waals surface area contributed by atoms with E-state index in [2.05, 4.69) is 20.2 Å². The molecular formula is C14H19N3O5. The van der Waals surface area contributed by atoms with Crippen LogP contribution in [0, 0.1) is 4.91 Å². The summed E-state index contributed by atoms with van der Waals surface area (Å²) >= 11 is 0. The fourth-order valence-corrected chi connectivity index (χ4v) is 1.59. The first-order chi connectivity index (χ1) is 10.2. The van der Waals surface area contributed by atoms with Crippen molar-refractivity contribution in [2.75, 3.05) is 7.11 Å². The van der Waals surface area contributed by atoms with E-state index in [0.717, 1.165) is 0 Å². The Balaban J connectivity index is 2.77. The van der Waals surface area contributed by atoms with Crippen molar-refractivity contribution in [1.82, 2.24) is 10.3 Å². The monoisotopic (exact) mass is 309 g/mol. The number of aromatic nitrogens is 1. The summed E-state index contributed by atoms with van der Waals surface area (Å²) in [7, 11) is 1.22. The van der Waals surface area contributed by atoms with Gasteiger partial charge in [0.2, 0.25) is 0 Å². The summed E-state index contributed by atoms with van der Waals surface area (Å²) < 4.78 is 9.76. The van der Waals surface area contributed by atoms with Crippen LogP contribution in [0.15, 0.2) is 23.5 Å². The van der Waals surface area contributed by atoms with Crippen LogP contribution >= 0.6 is 0 Å². The Hall–Kier alpha value is -2.51. The van der Waals surface area contributed by atoms with Crippen LogP contribution in [-0.2, 0) is 20.7 Å². The van der Waals surface area contributed by atoms with Crippen LogP contribution in [0.3, 0.4) is 0 Å². The van der Waals surface area contributed by atoms with Gasteiger partial charge >= 0.3 is 12.1 Å². The standard InChI is InChI=1S/C14H19N3O5/c1-14(2,3)22-13(19)16-11(12(18)21-4)7-9-5-6-10(17-20)8-15-9/h5-6,8,11H,7H2,1-4H3,(H,16,19). The highest BCUT2D eigenvalue weighted by atomic mass is 16.6. The lowest BCUT2D eigenvalue weighted by atomic mass is 10.1. The number of carbonyl (C=O) groups excluding carboxylic acids is 2. The Morgan fingerprint density at radius 1 is 1.36 bits per heavy atom. The summed E-state index contributed by atoms with van der Waals surface area (Å²) in [5.41, 5.74) is -0.00219. The number of nitroso groups, excluding NO2 is 1. The second-order valence-corrected chi connectivity index (χ2v) is 5.53. The number of rotatable bonds is 5. The minimum atomic E-state index is -0.942. The molecule has 22 heavy (non-hydrogen) atoms. The molecule has 1 amide bonds. The second kappa shape index (κ2) is 7.48. The van der Waals surface area contributed by atoms with Gasteiger partial charge in [0.05, 0.1) is 13.3 Å². The first-order valence-electron chi connectivity index (χ1n) is 6.61. The van der Waals surface area contributed by atoms with Crippen molar-refractivity contribution in [1.29, 1.82) is 0 Å². The quantitative estimate of drug-likeness (QED) is 0.659. The Kier molecular flexibility index (Phi) is 5.97. The third-order valence-corrected chi connectivity index (χ3v) is 2.50. The molecule has 1 atom stereocenters. The highest BCUT2D eigenvalue weighted by Crippen LogP contribution is 2.12. The van der Waals surface area contributed by atoms with Gasteiger partial charge in [-0.05, 0) is 38.1 Å². The summed E-state index contributed by atoms with van der Waals surface area (Å²) in [5, 5.41) is 5.18. The van der Waals surface area contributed by atoms with E-state index in [1.807, 2.05) is 0 Å². The molecule has 8 heteroatoms. The minimum absolute atomic E-state index is 0.102. The summed E-state index contributed by atoms with van der Waals surface area (Å²) in [6, 6.07) is 2.07. The Morgan fingerprint density at radius 2 is 2.05 bits per heavy atom. The van der Waals surface area contributed by atoms with Crippen LogP contribution in [-0.4, -0.2) is 35.8 Å². The molecule has 0 aromatic carbocycles. The Labute approximate surface area is 128 Å². The molecular weight excluding hydrogens is 290 g/mol. The normalized spacial score (nSPS) is 12.2. The van der Waals surface area contributed by atoms with Crippen molar-refractivity contribution in [3.05, 3.63) is 28.9 Å². The molecule has 0 aliphatic heterocycles. The minimum Gasteiger partial charge on any atom is -0.467 e. The zero-order valence-electron chi connectivity index (χ0n) is 13.0. The van der Waals surface area contributed by atoms with Gasteiger partial charge in [-0.15, -0.1) is 4.91 Å². The largest absolute Gasteiger partial charge is 0.467 e. The van der Waals surface area contributed by atoms with Crippen molar-refractivity contribution in [2.45, 2.75) is 38.8 Å². The molecule has 1 aromatic rings. The average molecular weight is 309 g/mol. The van der Waals surface area contributed by atoms with E-state index >= 15 is 0 Å². The SMILES string of the molecule is COC(=O)C(Cc1ccc(N=O)cn1)NC(=O)OC(C)(C)C. The molecule has 1 N–H and O–H groups in total. The van der Waals surface area contributed by atoms with Crippen molar-refractivity contribution in [3.63, 3.8) is 0 Å². The molecule has 1 unspecified atom stereocenters. The van der Waals surface area contributed by atoms with Crippen molar-refractivity contribution in [2.24, 2.45) is 5.18 Å². The predicted molar refractivity (Wildman–Crippen MR) is 78.6 cm³/mol. The highest BCUT2D eigenvalue weighted by molar-refractivity contribution is 5.81. The van der Waals surface area contributed by atoms with Crippen LogP contribution in [0.5, 0.6) is 0 Å². The highest BCUT2D eigenvalue weighted by Gasteiger charge is 2.25. The van der Waals surface area contributed by atoms with E-state index in [0.29, 0.717) is 5.69 Å². The third-order valence-electron chi connectivity index (χ3n) is 2.50. The molecule has 120 valence electrons. The number of methoxy groups -OCH3 is 1. The molecule has 1 aromatic heterocycles. The van der Waals surface area contributed by atoms with Gasteiger partial charge in [-0.3, -0.25) is 4.98 Å². The van der Waals surface area contributed by atoms with Crippen LogP contribution in [0.25, 0.3) is 0 Å². The predicted octanol–water partition coefficient (Wildman–Crippen LogP) is 2.09. The molecule has 1 heterocycles. The molecule has 0 spiro atoms. The van der Waals surface area contributed by atoms with Crippen molar-refractivity contribution >= 4 is 17.7 Å². The van der Waals surface area contributed by atoms with Gasteiger partial charge in [0.25, 0.3) is 0 Å². The van der Waals surface area contributed by atoms with Crippen LogP contribution in [0.2, 0.25) is 0 Å². The van der Waals surface area contributed by atoms with Crippen LogP contribution in [0.4, 0.5) is 10.5 Å². The van der Waals surface area contributed by atoms with E-state index < -0.39 is 23.7 Å². The lowest BCUT2D eigenvalue weighted by molar-refractivity contribution is -0.143. The number of carbonyl (C=O) groups is 2. The number of pyridine rings is 1. The van der Waals surface area contributed by atoms with E-state index in [-0.39, 0.29) is 12.1 Å². The smallest absolute Gasteiger partial charge is 0.408 e. The van der Waals surface area contributed by atoms with Crippen LogP contribution in [0.1, 0.15) is 26.5 Å². The zero-order chi connectivity index (χ0) is 16.8. The van der Waals surface area contributed by atoms with Crippen molar-refractivity contribution < 1.29 is 19.1 Å². The molecule has 0 aliphatic rings. The molecule has 0 radical (unpaired) electrons. The maximum Gasteiger partial charge on any atom is 0.408 e. The fourth-order valence-electron chi connectivity index (χ4n) is 1.59. The van der Waals surface area contributed by atoms with E-state index in [4.69, 9.17) is 4.74 Å². The summed E-state index contributed by atoms with van der Waals surface area (Å²) in [4.78, 5) is 37.8. The molecule has 0 saturated carbocycles. The Morgan fingerprint density at radius 3 is 2.50 bits per heavy atom. The van der Waals surface area contributed by atoms with E-state index in [9.17, 15) is 14.5 Å². The first kappa shape index (κ1) is 17.5. The fraction of sp³-hybridized carbons (Fsp3) is 0.500. The maximum atomic E-state index is 11.8. The summed E-state index contributed by atoms with van der Waals surface area (Å²) in [6.07, 6.45) is 0.656. The number of hydrogen-bond donors (Lipinski definition) is 1. The number of esters is 1. The molecule has 0 saturated heterocycles. The molecule has 0 bridgehead atoms. The lowest BCUT2D eigenvalue weighted by Gasteiger charge is -2.22. The zero-order valence-corrected chi connectivity index (χ0v) is 13.0. The number of nitrogens with one attached hydrogen (secondary N) is 1. The van der Waals surface area contributed by atoms with Gasteiger partial charge in [-0.25, -0.2) is 9.59 Å². The number of alkyl carbamates (subject to hydrolysis) is 1. The second-order valence-electron chi connectivity index (χ2n) is 5.53. The molecule has 8 nitrogen and oxygen atoms in total. The number of ether oxygens (including phenoxy) is 2. The van der Waals surface area contributed by atoms with Crippen molar-refractivity contribution in [3.8, 4) is 0 Å². The molecule has 1 rings (SSSR count). The first-order valence-corrected chi connectivity index (χ1v) is 6.61. The number of nitrogens with zero attached hydrogens (tertiary/aromatic N) is 2. The Bertz CT molecular complexity index is 536. The van der Waals surface area contributed by atoms with E-state index in [1.165, 1.54) is 19.4 Å². The molecule has 0 aliphatic carbocycles. The van der Waals surface area contributed by atoms with Gasteiger partial charge in [0.1, 0.15) is 17.3 Å². The van der Waals surface area contributed by atoms with Gasteiger partial charge in [0, 0.05) is 12.1 Å². The van der Waals surface area contributed by atoms with Gasteiger partial charge < -0.3 is 14.8 Å². The third kappa shape index (κ3) is 5.86. The lowest BCUT2D eigenvalue weighted by Crippen LogP contribution is -2.45. The average Bonchev–Trinajstić information content (AvgIpc) is 2.44. The summed E-state index contributed by atoms with van der Waals surface area (Å²) in [6.45, 7) is 5.14. The maximum absolute atomic E-state index is 11.8. The topological polar surface area (TPSA) is 107 Å². The number of hydrogen-bond acceptors (Lipinski definition) is 7. The summed E-state index contributed by atoms with van der Waals surface area (Å²) in [5.74, 6) is -0.620. The van der Waals surface area contributed by atoms with Gasteiger partial charge in [0.15, 0.2) is 0 Å². The number of amides is 1. The molecule has 0 fully saturated rings. The van der Waals surface area contributed by atoms with Gasteiger partial charge in [-0.2, -0.15) is 0 Å². The van der Waals surface area contributed by atoms with Gasteiger partial charge in [-0.1, -0.05) is 0 Å². The van der Waals surface area contributed by atoms with Crippen LogP contribution < -0.4 is 5.32 Å². The van der Waals surface area contributed by atoms with E-state index in [1.54, 1.807) is 26.8 Å².